The zero-order valence-electron chi connectivity index (χ0n) is 12.3. The molecule has 110 valence electrons. The van der Waals surface area contributed by atoms with Gasteiger partial charge in [0.25, 0.3) is 5.91 Å². The second-order valence-electron chi connectivity index (χ2n) is 5.00. The van der Waals surface area contributed by atoms with E-state index in [0.717, 1.165) is 11.1 Å². The lowest BCUT2D eigenvalue weighted by Crippen LogP contribution is -2.31. The Hall–Kier alpha value is -2.00. The molecule has 2 rings (SSSR count). The first-order chi connectivity index (χ1) is 10.0. The number of rotatable bonds is 4. The maximum atomic E-state index is 12.7. The molecule has 2 aromatic carbocycles. The molecule has 0 radical (unpaired) electrons. The van der Waals surface area contributed by atoms with Crippen molar-refractivity contribution < 1.29 is 4.79 Å². The molecular weight excluding hydrogens is 284 g/mol. The van der Waals surface area contributed by atoms with Crippen LogP contribution < -0.4 is 5.73 Å². The van der Waals surface area contributed by atoms with Crippen molar-refractivity contribution >= 4 is 23.2 Å². The minimum Gasteiger partial charge on any atom is -0.398 e. The number of nitrogens with zero attached hydrogens (tertiary/aromatic N) is 1. The van der Waals surface area contributed by atoms with E-state index < -0.39 is 0 Å². The topological polar surface area (TPSA) is 46.3 Å². The van der Waals surface area contributed by atoms with E-state index in [1.54, 1.807) is 11.0 Å². The van der Waals surface area contributed by atoms with Crippen LogP contribution in [0.15, 0.2) is 42.5 Å². The van der Waals surface area contributed by atoms with Crippen molar-refractivity contribution in [3.8, 4) is 0 Å². The summed E-state index contributed by atoms with van der Waals surface area (Å²) in [4.78, 5) is 14.4. The van der Waals surface area contributed by atoms with Crippen LogP contribution in [0.5, 0.6) is 0 Å². The third-order valence-electron chi connectivity index (χ3n) is 3.43. The van der Waals surface area contributed by atoms with E-state index in [0.29, 0.717) is 29.4 Å². The maximum Gasteiger partial charge on any atom is 0.256 e. The Bertz CT molecular complexity index is 655. The molecule has 4 heteroatoms. The molecule has 0 unspecified atom stereocenters. The molecule has 3 nitrogen and oxygen atoms in total. The fourth-order valence-corrected chi connectivity index (χ4v) is 2.38. The molecule has 0 spiro atoms. The summed E-state index contributed by atoms with van der Waals surface area (Å²) in [6.45, 7) is 4.96. The van der Waals surface area contributed by atoms with Gasteiger partial charge in [-0.25, -0.2) is 0 Å². The smallest absolute Gasteiger partial charge is 0.256 e. The van der Waals surface area contributed by atoms with Gasteiger partial charge in [-0.05, 0) is 37.6 Å². The van der Waals surface area contributed by atoms with Gasteiger partial charge in [0.1, 0.15) is 0 Å². The number of nitrogens with two attached hydrogens (primary N) is 1. The van der Waals surface area contributed by atoms with Gasteiger partial charge in [-0.2, -0.15) is 0 Å². The van der Waals surface area contributed by atoms with E-state index in [9.17, 15) is 4.79 Å². The van der Waals surface area contributed by atoms with Crippen molar-refractivity contribution in [1.82, 2.24) is 4.90 Å². The Labute approximate surface area is 130 Å². The van der Waals surface area contributed by atoms with Crippen molar-refractivity contribution in [3.63, 3.8) is 0 Å². The van der Waals surface area contributed by atoms with E-state index >= 15 is 0 Å². The molecular formula is C17H19ClN2O. The molecule has 0 aliphatic heterocycles. The van der Waals surface area contributed by atoms with Crippen molar-refractivity contribution in [1.29, 1.82) is 0 Å². The third-order valence-corrected chi connectivity index (χ3v) is 3.80. The Morgan fingerprint density at radius 1 is 1.24 bits per heavy atom. The summed E-state index contributed by atoms with van der Waals surface area (Å²) in [6, 6.07) is 13.0. The number of halogens is 1. The van der Waals surface area contributed by atoms with Gasteiger partial charge in [-0.3, -0.25) is 4.79 Å². The SMILES string of the molecule is CCN(Cc1ccccc1Cl)C(=O)c1cc(C)ccc1N. The van der Waals surface area contributed by atoms with Crippen LogP contribution in [-0.2, 0) is 6.54 Å². The molecule has 0 aliphatic carbocycles. The molecule has 0 fully saturated rings. The maximum absolute atomic E-state index is 12.7. The van der Waals surface area contributed by atoms with Crippen LogP contribution in [0.25, 0.3) is 0 Å². The fourth-order valence-electron chi connectivity index (χ4n) is 2.19. The Morgan fingerprint density at radius 3 is 2.62 bits per heavy atom. The number of anilines is 1. The number of benzene rings is 2. The van der Waals surface area contributed by atoms with E-state index in [1.807, 2.05) is 50.2 Å². The number of carbonyl (C=O) groups excluding carboxylic acids is 1. The second kappa shape index (κ2) is 6.64. The molecule has 0 aromatic heterocycles. The van der Waals surface area contributed by atoms with Crippen LogP contribution in [0.2, 0.25) is 5.02 Å². The lowest BCUT2D eigenvalue weighted by Gasteiger charge is -2.22. The van der Waals surface area contributed by atoms with Crippen LogP contribution in [0.4, 0.5) is 5.69 Å². The molecule has 2 aromatic rings. The number of nitrogen functional groups attached to an aromatic ring is 1. The summed E-state index contributed by atoms with van der Waals surface area (Å²) >= 11 is 6.17. The van der Waals surface area contributed by atoms with E-state index in [4.69, 9.17) is 17.3 Å². The van der Waals surface area contributed by atoms with Crippen LogP contribution >= 0.6 is 11.6 Å². The van der Waals surface area contributed by atoms with Gasteiger partial charge in [0.15, 0.2) is 0 Å². The number of carbonyl (C=O) groups is 1. The van der Waals surface area contributed by atoms with Gasteiger partial charge in [0.2, 0.25) is 0 Å². The predicted molar refractivity (Wildman–Crippen MR) is 87.5 cm³/mol. The normalized spacial score (nSPS) is 10.4. The lowest BCUT2D eigenvalue weighted by molar-refractivity contribution is 0.0753. The predicted octanol–water partition coefficient (Wildman–Crippen LogP) is 3.89. The van der Waals surface area contributed by atoms with Gasteiger partial charge < -0.3 is 10.6 Å². The number of aryl methyl sites for hydroxylation is 1. The highest BCUT2D eigenvalue weighted by Crippen LogP contribution is 2.20. The highest BCUT2D eigenvalue weighted by atomic mass is 35.5. The zero-order chi connectivity index (χ0) is 15.4. The standard InChI is InChI=1S/C17H19ClN2O/c1-3-20(11-13-6-4-5-7-15(13)18)17(21)14-10-12(2)8-9-16(14)19/h4-10H,3,11,19H2,1-2H3. The molecule has 21 heavy (non-hydrogen) atoms. The number of hydrogen-bond acceptors (Lipinski definition) is 2. The van der Waals surface area contributed by atoms with Gasteiger partial charge in [0, 0.05) is 23.8 Å². The molecule has 0 bridgehead atoms. The molecule has 0 aliphatic rings. The molecule has 2 N–H and O–H groups in total. The monoisotopic (exact) mass is 302 g/mol. The first-order valence-corrected chi connectivity index (χ1v) is 7.29. The summed E-state index contributed by atoms with van der Waals surface area (Å²) in [5.74, 6) is -0.0707. The minimum atomic E-state index is -0.0707. The van der Waals surface area contributed by atoms with E-state index in [1.165, 1.54) is 0 Å². The summed E-state index contributed by atoms with van der Waals surface area (Å²) in [6.07, 6.45) is 0. The largest absolute Gasteiger partial charge is 0.398 e. The summed E-state index contributed by atoms with van der Waals surface area (Å²) in [5.41, 5.74) is 8.93. The average molecular weight is 303 g/mol. The van der Waals surface area contributed by atoms with Crippen LogP contribution in [0.1, 0.15) is 28.4 Å². The van der Waals surface area contributed by atoms with Crippen molar-refractivity contribution in [2.75, 3.05) is 12.3 Å². The first-order valence-electron chi connectivity index (χ1n) is 6.91. The first kappa shape index (κ1) is 15.4. The van der Waals surface area contributed by atoms with Gasteiger partial charge in [0.05, 0.1) is 5.56 Å². The third kappa shape index (κ3) is 3.56. The van der Waals surface area contributed by atoms with Crippen LogP contribution in [0, 0.1) is 6.92 Å². The lowest BCUT2D eigenvalue weighted by atomic mass is 10.1. The fraction of sp³-hybridized carbons (Fsp3) is 0.235. The Kier molecular flexibility index (Phi) is 4.86. The molecule has 0 saturated carbocycles. The number of amides is 1. The number of hydrogen-bond donors (Lipinski definition) is 1. The van der Waals surface area contributed by atoms with E-state index in [-0.39, 0.29) is 5.91 Å². The highest BCUT2D eigenvalue weighted by Gasteiger charge is 2.18. The molecule has 0 atom stereocenters. The van der Waals surface area contributed by atoms with Crippen molar-refractivity contribution in [3.05, 3.63) is 64.2 Å². The average Bonchev–Trinajstić information content (AvgIpc) is 2.48. The second-order valence-corrected chi connectivity index (χ2v) is 5.41. The quantitative estimate of drug-likeness (QED) is 0.871. The Balaban J connectivity index is 2.27. The molecule has 0 heterocycles. The van der Waals surface area contributed by atoms with Gasteiger partial charge in [-0.1, -0.05) is 41.4 Å². The minimum absolute atomic E-state index is 0.0707. The van der Waals surface area contributed by atoms with Crippen molar-refractivity contribution in [2.24, 2.45) is 0 Å². The van der Waals surface area contributed by atoms with E-state index in [2.05, 4.69) is 0 Å². The van der Waals surface area contributed by atoms with Crippen LogP contribution in [-0.4, -0.2) is 17.4 Å². The van der Waals surface area contributed by atoms with Gasteiger partial charge >= 0.3 is 0 Å². The highest BCUT2D eigenvalue weighted by molar-refractivity contribution is 6.31. The zero-order valence-corrected chi connectivity index (χ0v) is 13.0. The summed E-state index contributed by atoms with van der Waals surface area (Å²) < 4.78 is 0. The van der Waals surface area contributed by atoms with Gasteiger partial charge in [-0.15, -0.1) is 0 Å². The van der Waals surface area contributed by atoms with Crippen molar-refractivity contribution in [2.45, 2.75) is 20.4 Å². The molecule has 0 saturated heterocycles. The summed E-state index contributed by atoms with van der Waals surface area (Å²) in [5, 5.41) is 0.668. The Morgan fingerprint density at radius 2 is 1.95 bits per heavy atom. The van der Waals surface area contributed by atoms with Crippen LogP contribution in [0.3, 0.4) is 0 Å². The molecule has 1 amide bonds. The summed E-state index contributed by atoms with van der Waals surface area (Å²) in [7, 11) is 0.